The molecule has 2 amide bonds. The summed E-state index contributed by atoms with van der Waals surface area (Å²) >= 11 is 0. The van der Waals surface area contributed by atoms with E-state index in [0.717, 1.165) is 19.3 Å². The van der Waals surface area contributed by atoms with Gasteiger partial charge in [0.2, 0.25) is 0 Å². The molecule has 0 aliphatic carbocycles. The SMILES string of the molecule is C#CCC(NC(=O)N1CCCC(CC)C1)C(=O)O. The first-order valence-corrected chi connectivity index (χ1v) is 6.30. The van der Waals surface area contributed by atoms with E-state index in [2.05, 4.69) is 18.2 Å². The van der Waals surface area contributed by atoms with Gasteiger partial charge in [-0.25, -0.2) is 9.59 Å². The first-order chi connectivity index (χ1) is 8.58. The van der Waals surface area contributed by atoms with Crippen LogP contribution < -0.4 is 5.32 Å². The van der Waals surface area contributed by atoms with Gasteiger partial charge >= 0.3 is 12.0 Å². The van der Waals surface area contributed by atoms with Gasteiger partial charge in [0.1, 0.15) is 6.04 Å². The smallest absolute Gasteiger partial charge is 0.327 e. The lowest BCUT2D eigenvalue weighted by molar-refractivity contribution is -0.139. The van der Waals surface area contributed by atoms with E-state index in [1.165, 1.54) is 0 Å². The van der Waals surface area contributed by atoms with Gasteiger partial charge in [-0.2, -0.15) is 0 Å². The average Bonchev–Trinajstić information content (AvgIpc) is 2.38. The molecule has 1 aliphatic rings. The van der Waals surface area contributed by atoms with Gasteiger partial charge in [-0.3, -0.25) is 0 Å². The lowest BCUT2D eigenvalue weighted by Crippen LogP contribution is -2.50. The molecule has 0 radical (unpaired) electrons. The summed E-state index contributed by atoms with van der Waals surface area (Å²) in [7, 11) is 0. The molecule has 0 spiro atoms. The number of terminal acetylenes is 1. The van der Waals surface area contributed by atoms with E-state index in [9.17, 15) is 9.59 Å². The van der Waals surface area contributed by atoms with Crippen LogP contribution in [-0.4, -0.2) is 41.1 Å². The molecule has 2 N–H and O–H groups in total. The van der Waals surface area contributed by atoms with Crippen LogP contribution in [0, 0.1) is 18.3 Å². The van der Waals surface area contributed by atoms with E-state index in [1.54, 1.807) is 4.90 Å². The molecule has 1 heterocycles. The van der Waals surface area contributed by atoms with Crippen molar-refractivity contribution in [2.24, 2.45) is 5.92 Å². The number of urea groups is 1. The number of piperidine rings is 1. The van der Waals surface area contributed by atoms with Gasteiger partial charge < -0.3 is 15.3 Å². The van der Waals surface area contributed by atoms with Crippen molar-refractivity contribution in [3.63, 3.8) is 0 Å². The van der Waals surface area contributed by atoms with Crippen molar-refractivity contribution >= 4 is 12.0 Å². The van der Waals surface area contributed by atoms with Crippen molar-refractivity contribution in [1.29, 1.82) is 0 Å². The minimum Gasteiger partial charge on any atom is -0.480 e. The fourth-order valence-corrected chi connectivity index (χ4v) is 2.14. The summed E-state index contributed by atoms with van der Waals surface area (Å²) in [4.78, 5) is 24.5. The Labute approximate surface area is 108 Å². The van der Waals surface area contributed by atoms with Gasteiger partial charge in [0.15, 0.2) is 0 Å². The van der Waals surface area contributed by atoms with E-state index >= 15 is 0 Å². The molecule has 1 saturated heterocycles. The quantitative estimate of drug-likeness (QED) is 0.741. The molecule has 0 aromatic rings. The Morgan fingerprint density at radius 3 is 2.89 bits per heavy atom. The second kappa shape index (κ2) is 6.90. The van der Waals surface area contributed by atoms with Crippen LogP contribution in [0.4, 0.5) is 4.79 Å². The van der Waals surface area contributed by atoms with Gasteiger partial charge in [0, 0.05) is 19.5 Å². The summed E-state index contributed by atoms with van der Waals surface area (Å²) in [5, 5.41) is 11.4. The summed E-state index contributed by atoms with van der Waals surface area (Å²) in [5.41, 5.74) is 0. The molecule has 0 saturated carbocycles. The molecule has 5 nitrogen and oxygen atoms in total. The Bertz CT molecular complexity index is 349. The lowest BCUT2D eigenvalue weighted by Gasteiger charge is -2.32. The number of nitrogens with zero attached hydrogens (tertiary/aromatic N) is 1. The maximum absolute atomic E-state index is 11.9. The van der Waals surface area contributed by atoms with Crippen LogP contribution in [0.3, 0.4) is 0 Å². The Hall–Kier alpha value is -1.70. The Morgan fingerprint density at radius 2 is 2.33 bits per heavy atom. The Balaban J connectivity index is 2.53. The third-order valence-corrected chi connectivity index (χ3v) is 3.30. The number of hydrogen-bond donors (Lipinski definition) is 2. The number of rotatable bonds is 4. The zero-order chi connectivity index (χ0) is 13.5. The third kappa shape index (κ3) is 3.95. The molecule has 18 heavy (non-hydrogen) atoms. The molecule has 1 fully saturated rings. The summed E-state index contributed by atoms with van der Waals surface area (Å²) < 4.78 is 0. The van der Waals surface area contributed by atoms with Crippen molar-refractivity contribution in [3.8, 4) is 12.3 Å². The fourth-order valence-electron chi connectivity index (χ4n) is 2.14. The van der Waals surface area contributed by atoms with Crippen LogP contribution in [0.15, 0.2) is 0 Å². The largest absolute Gasteiger partial charge is 0.480 e. The van der Waals surface area contributed by atoms with Crippen molar-refractivity contribution in [2.75, 3.05) is 13.1 Å². The van der Waals surface area contributed by atoms with Gasteiger partial charge in [0.25, 0.3) is 0 Å². The number of carbonyl (C=O) groups excluding carboxylic acids is 1. The summed E-state index contributed by atoms with van der Waals surface area (Å²) in [6.45, 7) is 3.49. The zero-order valence-corrected chi connectivity index (χ0v) is 10.7. The predicted molar refractivity (Wildman–Crippen MR) is 68.0 cm³/mol. The number of likely N-dealkylation sites (tertiary alicyclic amines) is 1. The minimum absolute atomic E-state index is 0.00607. The number of carbonyl (C=O) groups is 2. The highest BCUT2D eigenvalue weighted by Gasteiger charge is 2.26. The number of aliphatic carboxylic acids is 1. The lowest BCUT2D eigenvalue weighted by atomic mass is 9.96. The Morgan fingerprint density at radius 1 is 1.61 bits per heavy atom. The topological polar surface area (TPSA) is 69.6 Å². The van der Waals surface area contributed by atoms with Crippen molar-refractivity contribution in [3.05, 3.63) is 0 Å². The maximum Gasteiger partial charge on any atom is 0.327 e. The monoisotopic (exact) mass is 252 g/mol. The number of hydrogen-bond acceptors (Lipinski definition) is 2. The minimum atomic E-state index is -1.09. The molecular weight excluding hydrogens is 232 g/mol. The zero-order valence-electron chi connectivity index (χ0n) is 10.7. The van der Waals surface area contributed by atoms with Crippen LogP contribution in [0.5, 0.6) is 0 Å². The van der Waals surface area contributed by atoms with Crippen LogP contribution in [0.1, 0.15) is 32.6 Å². The van der Waals surface area contributed by atoms with Crippen molar-refractivity contribution < 1.29 is 14.7 Å². The standard InChI is InChI=1S/C13H20N2O3/c1-3-6-11(12(16)17)14-13(18)15-8-5-7-10(4-2)9-15/h1,10-11H,4-9H2,2H3,(H,14,18)(H,16,17). The highest BCUT2D eigenvalue weighted by atomic mass is 16.4. The van der Waals surface area contributed by atoms with Gasteiger partial charge in [-0.1, -0.05) is 13.3 Å². The number of amides is 2. The number of carboxylic acids is 1. The fraction of sp³-hybridized carbons (Fsp3) is 0.692. The van der Waals surface area contributed by atoms with E-state index in [-0.39, 0.29) is 12.5 Å². The maximum atomic E-state index is 11.9. The average molecular weight is 252 g/mol. The Kier molecular flexibility index (Phi) is 5.50. The molecule has 2 unspecified atom stereocenters. The number of nitrogens with one attached hydrogen (secondary N) is 1. The molecule has 5 heteroatoms. The first-order valence-electron chi connectivity index (χ1n) is 6.30. The molecule has 1 aliphatic heterocycles. The van der Waals surface area contributed by atoms with Gasteiger partial charge in [-0.15, -0.1) is 12.3 Å². The van der Waals surface area contributed by atoms with E-state index in [1.807, 2.05) is 0 Å². The highest BCUT2D eigenvalue weighted by molar-refractivity contribution is 5.82. The molecule has 100 valence electrons. The molecule has 1 rings (SSSR count). The molecule has 0 aromatic carbocycles. The first kappa shape index (κ1) is 14.4. The van der Waals surface area contributed by atoms with Crippen molar-refractivity contribution in [2.45, 2.75) is 38.6 Å². The highest BCUT2D eigenvalue weighted by Crippen LogP contribution is 2.19. The van der Waals surface area contributed by atoms with Crippen LogP contribution in [-0.2, 0) is 4.79 Å². The second-order valence-electron chi connectivity index (χ2n) is 4.61. The summed E-state index contributed by atoms with van der Waals surface area (Å²) in [5.74, 6) is 1.69. The van der Waals surface area contributed by atoms with Crippen LogP contribution in [0.25, 0.3) is 0 Å². The van der Waals surface area contributed by atoms with Crippen molar-refractivity contribution in [1.82, 2.24) is 10.2 Å². The number of carboxylic acid groups (broad SMARTS) is 1. The summed E-state index contributed by atoms with van der Waals surface area (Å²) in [6, 6.07) is -1.32. The van der Waals surface area contributed by atoms with Crippen LogP contribution in [0.2, 0.25) is 0 Å². The molecule has 0 aromatic heterocycles. The normalized spacial score (nSPS) is 20.9. The third-order valence-electron chi connectivity index (χ3n) is 3.30. The van der Waals surface area contributed by atoms with Gasteiger partial charge in [-0.05, 0) is 18.8 Å². The summed E-state index contributed by atoms with van der Waals surface area (Å²) in [6.07, 6.45) is 8.23. The van der Waals surface area contributed by atoms with Gasteiger partial charge in [0.05, 0.1) is 0 Å². The van der Waals surface area contributed by atoms with E-state index < -0.39 is 12.0 Å². The molecule has 0 bridgehead atoms. The molecular formula is C13H20N2O3. The second-order valence-corrected chi connectivity index (χ2v) is 4.61. The van der Waals surface area contributed by atoms with Crippen LogP contribution >= 0.6 is 0 Å². The van der Waals surface area contributed by atoms with E-state index in [4.69, 9.17) is 11.5 Å². The van der Waals surface area contributed by atoms with E-state index in [0.29, 0.717) is 19.0 Å². The molecule has 2 atom stereocenters. The predicted octanol–water partition coefficient (Wildman–Crippen LogP) is 1.29.